The lowest BCUT2D eigenvalue weighted by Gasteiger charge is -2.13. The second-order valence-corrected chi connectivity index (χ2v) is 6.47. The van der Waals surface area contributed by atoms with E-state index in [1.807, 2.05) is 18.2 Å². The number of nitrogens with zero attached hydrogens (tertiary/aromatic N) is 3. The molecule has 4 rings (SSSR count). The number of rotatable bonds is 3. The first-order valence-corrected chi connectivity index (χ1v) is 8.26. The predicted molar refractivity (Wildman–Crippen MR) is 94.7 cm³/mol. The van der Waals surface area contributed by atoms with Crippen LogP contribution in [0.1, 0.15) is 5.56 Å². The summed E-state index contributed by atoms with van der Waals surface area (Å²) in [5.74, 6) is -0.950. The third-order valence-electron chi connectivity index (χ3n) is 3.92. The van der Waals surface area contributed by atoms with Crippen LogP contribution in [0.25, 0.3) is 22.1 Å². The number of hydrogen-bond donors (Lipinski definition) is 0. The SMILES string of the molecule is COc1cc(/C=c2\sc3nc4ccccc4n3c2=O)cc([N+](=O)[O-])c1[O-]. The summed E-state index contributed by atoms with van der Waals surface area (Å²) in [5, 5.41) is 23.0. The summed E-state index contributed by atoms with van der Waals surface area (Å²) >= 11 is 1.17. The molecule has 0 amide bonds. The van der Waals surface area contributed by atoms with Crippen LogP contribution in [0.15, 0.2) is 41.2 Å². The molecule has 0 aliphatic rings. The average Bonchev–Trinajstić information content (AvgIpc) is 3.12. The highest BCUT2D eigenvalue weighted by atomic mass is 32.1. The molecule has 8 nitrogen and oxygen atoms in total. The van der Waals surface area contributed by atoms with Gasteiger partial charge in [0.05, 0.1) is 27.6 Å². The Kier molecular flexibility index (Phi) is 3.58. The zero-order valence-corrected chi connectivity index (χ0v) is 14.1. The van der Waals surface area contributed by atoms with Crippen molar-refractivity contribution in [1.29, 1.82) is 0 Å². The van der Waals surface area contributed by atoms with Crippen LogP contribution in [-0.2, 0) is 0 Å². The minimum atomic E-state index is -0.802. The van der Waals surface area contributed by atoms with Gasteiger partial charge >= 0.3 is 0 Å². The Bertz CT molecular complexity index is 1290. The Morgan fingerprint density at radius 2 is 2.08 bits per heavy atom. The van der Waals surface area contributed by atoms with Crippen LogP contribution >= 0.6 is 11.3 Å². The molecular weight excluding hydrogens is 358 g/mol. The van der Waals surface area contributed by atoms with Crippen molar-refractivity contribution in [3.05, 3.63) is 67.0 Å². The van der Waals surface area contributed by atoms with Gasteiger partial charge in [0.2, 0.25) is 0 Å². The number of nitro groups is 1. The van der Waals surface area contributed by atoms with Crippen molar-refractivity contribution in [1.82, 2.24) is 9.38 Å². The Morgan fingerprint density at radius 3 is 2.81 bits per heavy atom. The van der Waals surface area contributed by atoms with E-state index in [1.54, 1.807) is 6.07 Å². The number of nitro benzene ring substituents is 1. The average molecular weight is 368 g/mol. The summed E-state index contributed by atoms with van der Waals surface area (Å²) in [6.07, 6.45) is 1.49. The molecule has 26 heavy (non-hydrogen) atoms. The van der Waals surface area contributed by atoms with Gasteiger partial charge in [0.1, 0.15) is 5.75 Å². The van der Waals surface area contributed by atoms with E-state index in [9.17, 15) is 20.0 Å². The van der Waals surface area contributed by atoms with Crippen molar-refractivity contribution < 1.29 is 14.8 Å². The molecule has 0 bridgehead atoms. The second kappa shape index (κ2) is 5.81. The minimum absolute atomic E-state index is 0.148. The van der Waals surface area contributed by atoms with E-state index in [4.69, 9.17) is 4.74 Å². The topological polar surface area (TPSA) is 110 Å². The Morgan fingerprint density at radius 1 is 1.31 bits per heavy atom. The molecule has 4 aromatic rings. The maximum absolute atomic E-state index is 12.7. The lowest BCUT2D eigenvalue weighted by atomic mass is 10.1. The van der Waals surface area contributed by atoms with Crippen molar-refractivity contribution in [2.45, 2.75) is 0 Å². The maximum atomic E-state index is 12.7. The molecule has 0 saturated heterocycles. The maximum Gasteiger partial charge on any atom is 0.274 e. The van der Waals surface area contributed by atoms with Gasteiger partial charge in [0.15, 0.2) is 4.96 Å². The molecule has 2 aromatic heterocycles. The lowest BCUT2D eigenvalue weighted by Crippen LogP contribution is -2.22. The molecule has 0 radical (unpaired) electrons. The van der Waals surface area contributed by atoms with Crippen LogP contribution in [0.4, 0.5) is 5.69 Å². The van der Waals surface area contributed by atoms with Gasteiger partial charge in [0, 0.05) is 11.8 Å². The molecule has 0 spiro atoms. The van der Waals surface area contributed by atoms with E-state index in [0.29, 0.717) is 20.6 Å². The smallest absolute Gasteiger partial charge is 0.274 e. The molecule has 0 saturated carbocycles. The largest absolute Gasteiger partial charge is 0.865 e. The monoisotopic (exact) mass is 368 g/mol. The summed E-state index contributed by atoms with van der Waals surface area (Å²) in [6, 6.07) is 9.78. The minimum Gasteiger partial charge on any atom is -0.865 e. The van der Waals surface area contributed by atoms with Gasteiger partial charge in [-0.3, -0.25) is 14.9 Å². The highest BCUT2D eigenvalue weighted by Crippen LogP contribution is 2.34. The fourth-order valence-electron chi connectivity index (χ4n) is 2.74. The summed E-state index contributed by atoms with van der Waals surface area (Å²) < 4.78 is 6.77. The number of methoxy groups -OCH3 is 1. The molecular formula is C17H10N3O5S-. The van der Waals surface area contributed by atoms with E-state index in [2.05, 4.69) is 4.98 Å². The van der Waals surface area contributed by atoms with Gasteiger partial charge in [-0.25, -0.2) is 9.38 Å². The highest BCUT2D eigenvalue weighted by Gasteiger charge is 2.14. The zero-order chi connectivity index (χ0) is 18.4. The van der Waals surface area contributed by atoms with E-state index >= 15 is 0 Å². The fraction of sp³-hybridized carbons (Fsp3) is 0.0588. The van der Waals surface area contributed by atoms with Gasteiger partial charge in [0.25, 0.3) is 11.2 Å². The van der Waals surface area contributed by atoms with Crippen LogP contribution in [0, 0.1) is 10.1 Å². The molecule has 0 unspecified atom stereocenters. The number of imidazole rings is 1. The molecule has 0 fully saturated rings. The van der Waals surface area contributed by atoms with Gasteiger partial charge < -0.3 is 9.84 Å². The molecule has 9 heteroatoms. The predicted octanol–water partition coefficient (Wildman–Crippen LogP) is 1.45. The van der Waals surface area contributed by atoms with Crippen molar-refractivity contribution in [3.63, 3.8) is 0 Å². The lowest BCUT2D eigenvalue weighted by molar-refractivity contribution is -0.398. The summed E-state index contributed by atoms with van der Waals surface area (Å²) in [5.41, 5.74) is 0.873. The molecule has 0 N–H and O–H groups in total. The first-order chi connectivity index (χ1) is 12.5. The van der Waals surface area contributed by atoms with Gasteiger partial charge in [-0.15, -0.1) is 0 Å². The Labute approximate surface area is 149 Å². The van der Waals surface area contributed by atoms with Crippen LogP contribution in [0.2, 0.25) is 0 Å². The second-order valence-electron chi connectivity index (χ2n) is 5.46. The number of fused-ring (bicyclic) bond motifs is 3. The van der Waals surface area contributed by atoms with Gasteiger partial charge in [-0.1, -0.05) is 23.5 Å². The van der Waals surface area contributed by atoms with Crippen molar-refractivity contribution >= 4 is 39.1 Å². The Hall–Kier alpha value is -3.46. The standard InChI is InChI=1S/C17H11N3O5S/c1-25-13-7-9(6-12(15(13)21)20(23)24)8-14-16(22)19-11-5-3-2-4-10(11)18-17(19)26-14/h2-8,21H,1H3/p-1/b14-8-. The number of para-hydroxylation sites is 2. The summed E-state index contributed by atoms with van der Waals surface area (Å²) in [7, 11) is 1.26. The van der Waals surface area contributed by atoms with Crippen LogP contribution in [0.3, 0.4) is 0 Å². The van der Waals surface area contributed by atoms with E-state index in [-0.39, 0.29) is 11.3 Å². The quantitative estimate of drug-likeness (QED) is 0.400. The molecule has 2 aromatic carbocycles. The van der Waals surface area contributed by atoms with Gasteiger partial charge in [-0.2, -0.15) is 0 Å². The van der Waals surface area contributed by atoms with Crippen molar-refractivity contribution in [3.8, 4) is 11.5 Å². The first kappa shape index (κ1) is 16.0. The number of aromatic nitrogens is 2. The van der Waals surface area contributed by atoms with E-state index in [1.165, 1.54) is 35.0 Å². The highest BCUT2D eigenvalue weighted by molar-refractivity contribution is 7.15. The van der Waals surface area contributed by atoms with Crippen LogP contribution in [0.5, 0.6) is 11.5 Å². The van der Waals surface area contributed by atoms with Crippen LogP contribution < -0.4 is 19.9 Å². The number of benzene rings is 2. The molecule has 2 heterocycles. The van der Waals surface area contributed by atoms with E-state index < -0.39 is 16.4 Å². The summed E-state index contributed by atoms with van der Waals surface area (Å²) in [6.45, 7) is 0. The Balaban J connectivity index is 1.97. The number of ether oxygens (including phenoxy) is 1. The van der Waals surface area contributed by atoms with Crippen molar-refractivity contribution in [2.75, 3.05) is 7.11 Å². The third kappa shape index (κ3) is 2.37. The molecule has 0 aliphatic carbocycles. The number of hydrogen-bond acceptors (Lipinski definition) is 7. The summed E-state index contributed by atoms with van der Waals surface area (Å²) in [4.78, 5) is 28.0. The molecule has 0 aliphatic heterocycles. The van der Waals surface area contributed by atoms with Crippen LogP contribution in [-0.4, -0.2) is 21.4 Å². The fourth-order valence-corrected chi connectivity index (χ4v) is 3.73. The molecule has 130 valence electrons. The van der Waals surface area contributed by atoms with Gasteiger partial charge in [-0.05, 0) is 29.8 Å². The molecule has 0 atom stereocenters. The third-order valence-corrected chi connectivity index (χ3v) is 4.89. The zero-order valence-electron chi connectivity index (χ0n) is 13.3. The number of thiazole rings is 1. The normalized spacial score (nSPS) is 12.1. The first-order valence-electron chi connectivity index (χ1n) is 7.45. The van der Waals surface area contributed by atoms with Crippen molar-refractivity contribution in [2.24, 2.45) is 0 Å². The van der Waals surface area contributed by atoms with E-state index in [0.717, 1.165) is 11.6 Å².